The summed E-state index contributed by atoms with van der Waals surface area (Å²) in [6.07, 6.45) is 0. The lowest BCUT2D eigenvalue weighted by atomic mass is 10.3. The second-order valence-electron chi connectivity index (χ2n) is 3.77. The first-order chi connectivity index (χ1) is 6.92. The third-order valence-electron chi connectivity index (χ3n) is 1.45. The molecule has 94 valence electrons. The van der Waals surface area contributed by atoms with E-state index >= 15 is 0 Å². The van der Waals surface area contributed by atoms with E-state index in [0.717, 1.165) is 0 Å². The maximum absolute atomic E-state index is 13.0. The maximum atomic E-state index is 13.0. The predicted octanol–water partition coefficient (Wildman–Crippen LogP) is 2.65. The Morgan fingerprint density at radius 2 is 1.88 bits per heavy atom. The number of halogens is 3. The van der Waals surface area contributed by atoms with Gasteiger partial charge in [-0.1, -0.05) is 23.2 Å². The average molecular weight is 309 g/mol. The number of sulfonamides is 1. The minimum Gasteiger partial charge on any atom is -0.211 e. The highest BCUT2D eigenvalue weighted by Crippen LogP contribution is 2.41. The number of nitrogens with zero attached hydrogens (tertiary/aromatic N) is 2. The van der Waals surface area contributed by atoms with Crippen molar-refractivity contribution in [3.8, 4) is 6.07 Å². The molecule has 0 heterocycles. The number of rotatable bonds is 4. The van der Waals surface area contributed by atoms with Gasteiger partial charge < -0.3 is 0 Å². The molecule has 0 atom stereocenters. The van der Waals surface area contributed by atoms with Gasteiger partial charge in [-0.25, -0.2) is 8.42 Å². The topological polar surface area (TPSA) is 61.2 Å². The van der Waals surface area contributed by atoms with Gasteiger partial charge in [-0.3, -0.25) is 0 Å². The normalized spacial score (nSPS) is 13.9. The van der Waals surface area contributed by atoms with Crippen LogP contribution < -0.4 is 0 Å². The van der Waals surface area contributed by atoms with E-state index in [1.54, 1.807) is 6.07 Å². The molecule has 0 amide bonds. The Balaban J connectivity index is 5.18. The van der Waals surface area contributed by atoms with Crippen molar-refractivity contribution < 1.29 is 12.8 Å². The fourth-order valence-electron chi connectivity index (χ4n) is 0.645. The summed E-state index contributed by atoms with van der Waals surface area (Å²) in [5.41, 5.74) is 0. The van der Waals surface area contributed by atoms with E-state index in [1.807, 2.05) is 0 Å². The molecule has 4 nitrogen and oxygen atoms in total. The molecule has 0 fully saturated rings. The molecule has 0 rings (SSSR count). The summed E-state index contributed by atoms with van der Waals surface area (Å²) in [6, 6.07) is 1.61. The monoisotopic (exact) mass is 308 g/mol. The van der Waals surface area contributed by atoms with Gasteiger partial charge >= 0.3 is 3.92 Å². The molecule has 0 aromatic rings. The minimum absolute atomic E-state index is 0.0473. The highest BCUT2D eigenvalue weighted by atomic mass is 35.5. The Morgan fingerprint density at radius 1 is 1.44 bits per heavy atom. The summed E-state index contributed by atoms with van der Waals surface area (Å²) in [4.78, 5) is 0. The van der Waals surface area contributed by atoms with Crippen LogP contribution in [-0.4, -0.2) is 27.3 Å². The van der Waals surface area contributed by atoms with Crippen molar-refractivity contribution in [1.29, 1.82) is 5.26 Å². The van der Waals surface area contributed by atoms with Crippen LogP contribution in [-0.2, 0) is 10.0 Å². The summed E-state index contributed by atoms with van der Waals surface area (Å²) >= 11 is 10.2. The number of alkyl halides is 3. The van der Waals surface area contributed by atoms with Crippen molar-refractivity contribution in [2.24, 2.45) is 0 Å². The van der Waals surface area contributed by atoms with Crippen molar-refractivity contribution in [3.63, 3.8) is 0 Å². The van der Waals surface area contributed by atoms with Crippen LogP contribution >= 0.6 is 35.1 Å². The Morgan fingerprint density at radius 3 is 2.12 bits per heavy atom. The van der Waals surface area contributed by atoms with E-state index in [-0.39, 0.29) is 11.9 Å². The molecule has 0 N–H and O–H groups in total. The van der Waals surface area contributed by atoms with Crippen LogP contribution in [0, 0.1) is 11.3 Å². The third-order valence-corrected chi connectivity index (χ3v) is 5.43. The molecule has 0 bridgehead atoms. The number of hydrogen-bond donors (Lipinski definition) is 0. The Labute approximate surface area is 109 Å². The van der Waals surface area contributed by atoms with E-state index in [4.69, 9.17) is 28.5 Å². The van der Waals surface area contributed by atoms with Gasteiger partial charge in [0.15, 0.2) is 0 Å². The van der Waals surface area contributed by atoms with Gasteiger partial charge in [0.05, 0.1) is 10.8 Å². The van der Waals surface area contributed by atoms with Crippen LogP contribution in [0.3, 0.4) is 0 Å². The zero-order valence-electron chi connectivity index (χ0n) is 8.87. The van der Waals surface area contributed by atoms with Gasteiger partial charge in [-0.15, -0.1) is 3.71 Å². The van der Waals surface area contributed by atoms with Gasteiger partial charge in [0.25, 0.3) is 0 Å². The van der Waals surface area contributed by atoms with E-state index in [9.17, 15) is 12.8 Å². The van der Waals surface area contributed by atoms with E-state index < -0.39 is 25.2 Å². The van der Waals surface area contributed by atoms with Crippen molar-refractivity contribution >= 4 is 45.2 Å². The summed E-state index contributed by atoms with van der Waals surface area (Å²) in [6.45, 7) is 3.75. The molecule has 0 saturated carbocycles. The summed E-state index contributed by atoms with van der Waals surface area (Å²) < 4.78 is 33.3. The molecular formula is C7H11Cl2FN2O2S2. The fourth-order valence-corrected chi connectivity index (χ4v) is 3.95. The molecule has 16 heavy (non-hydrogen) atoms. The zero-order valence-corrected chi connectivity index (χ0v) is 12.0. The van der Waals surface area contributed by atoms with Crippen molar-refractivity contribution in [1.82, 2.24) is 3.71 Å². The van der Waals surface area contributed by atoms with E-state index in [0.29, 0.717) is 3.71 Å². The van der Waals surface area contributed by atoms with Gasteiger partial charge in [-0.05, 0) is 20.8 Å². The largest absolute Gasteiger partial charge is 0.319 e. The summed E-state index contributed by atoms with van der Waals surface area (Å²) in [5, 5.41) is 8.48. The average Bonchev–Trinajstić information content (AvgIpc) is 1.98. The number of nitriles is 1. The van der Waals surface area contributed by atoms with Crippen LogP contribution in [0.15, 0.2) is 0 Å². The molecule has 0 spiro atoms. The molecule has 0 aliphatic carbocycles. The second-order valence-corrected chi connectivity index (χ2v) is 9.49. The molecule has 0 aliphatic heterocycles. The standard InChI is InChI=1S/C7H11Cl2FN2O2S2/c1-6(2,3)16(13,14)12(5-4-11)15-7(8,9)10/h5H2,1-3H3. The van der Waals surface area contributed by atoms with Crippen LogP contribution in [0.4, 0.5) is 4.39 Å². The SMILES string of the molecule is CC(C)(C)S(=O)(=O)N(CC#N)SC(F)(Cl)Cl. The quantitative estimate of drug-likeness (QED) is 0.455. The Hall–Kier alpha value is 0.260. The lowest BCUT2D eigenvalue weighted by Gasteiger charge is -2.28. The van der Waals surface area contributed by atoms with Gasteiger partial charge in [-0.2, -0.15) is 9.65 Å². The molecule has 9 heteroatoms. The first-order valence-corrected chi connectivity index (χ1v) is 7.04. The van der Waals surface area contributed by atoms with E-state index in [1.165, 1.54) is 20.8 Å². The molecule has 0 aromatic heterocycles. The van der Waals surface area contributed by atoms with Gasteiger partial charge in [0.2, 0.25) is 10.0 Å². The van der Waals surface area contributed by atoms with Crippen LogP contribution in [0.1, 0.15) is 20.8 Å². The zero-order chi connectivity index (χ0) is 13.2. The second kappa shape index (κ2) is 5.27. The molecule has 0 saturated heterocycles. The minimum atomic E-state index is -3.87. The molecule has 0 aromatic carbocycles. The smallest absolute Gasteiger partial charge is 0.211 e. The summed E-state index contributed by atoms with van der Waals surface area (Å²) in [7, 11) is -3.87. The van der Waals surface area contributed by atoms with Gasteiger partial charge in [0.1, 0.15) is 6.54 Å². The third kappa shape index (κ3) is 4.63. The van der Waals surface area contributed by atoms with Crippen LogP contribution in [0.2, 0.25) is 0 Å². The van der Waals surface area contributed by atoms with Crippen molar-refractivity contribution in [2.75, 3.05) is 6.54 Å². The predicted molar refractivity (Wildman–Crippen MR) is 64.1 cm³/mol. The highest BCUT2D eigenvalue weighted by molar-refractivity contribution is 8.11. The molecule has 0 radical (unpaired) electrons. The fraction of sp³-hybridized carbons (Fsp3) is 0.857. The lowest BCUT2D eigenvalue weighted by Crippen LogP contribution is -2.40. The number of hydrogen-bond acceptors (Lipinski definition) is 4. The van der Waals surface area contributed by atoms with E-state index in [2.05, 4.69) is 0 Å². The highest BCUT2D eigenvalue weighted by Gasteiger charge is 2.40. The van der Waals surface area contributed by atoms with Gasteiger partial charge in [0, 0.05) is 11.9 Å². The first-order valence-electron chi connectivity index (χ1n) is 4.07. The first kappa shape index (κ1) is 16.3. The maximum Gasteiger partial charge on any atom is 0.319 e. The van der Waals surface area contributed by atoms with Crippen LogP contribution in [0.5, 0.6) is 0 Å². The van der Waals surface area contributed by atoms with Crippen LogP contribution in [0.25, 0.3) is 0 Å². The Kier molecular flexibility index (Phi) is 5.36. The molecule has 0 unspecified atom stereocenters. The van der Waals surface area contributed by atoms with Crippen molar-refractivity contribution in [2.45, 2.75) is 29.4 Å². The summed E-state index contributed by atoms with van der Waals surface area (Å²) in [5.74, 6) is 0. The Bertz CT molecular complexity index is 381. The molecule has 0 aliphatic rings. The van der Waals surface area contributed by atoms with Crippen molar-refractivity contribution in [3.05, 3.63) is 0 Å². The lowest BCUT2D eigenvalue weighted by molar-refractivity contribution is 0.493. The molecular weight excluding hydrogens is 298 g/mol.